The Hall–Kier alpha value is -3.07. The minimum atomic E-state index is -0.209. The second-order valence-electron chi connectivity index (χ2n) is 4.93. The molecule has 0 N–H and O–H groups in total. The highest BCUT2D eigenvalue weighted by atomic mass is 16.1. The molecule has 0 amide bonds. The van der Waals surface area contributed by atoms with Gasteiger partial charge < -0.3 is 0 Å². The van der Waals surface area contributed by atoms with E-state index >= 15 is 0 Å². The normalized spacial score (nSPS) is 13.9. The zero-order valence-corrected chi connectivity index (χ0v) is 11.7. The van der Waals surface area contributed by atoms with E-state index in [0.29, 0.717) is 22.3 Å². The zero-order chi connectivity index (χ0) is 15.5. The summed E-state index contributed by atoms with van der Waals surface area (Å²) in [5, 5.41) is 0. The summed E-state index contributed by atoms with van der Waals surface area (Å²) in [6.07, 6.45) is 3.83. The Labute approximate surface area is 127 Å². The number of allylic oxidation sites excluding steroid dienone is 4. The summed E-state index contributed by atoms with van der Waals surface area (Å²) >= 11 is 0. The Morgan fingerprint density at radius 2 is 1.36 bits per heavy atom. The number of carbonyl (C=O) groups is 3. The predicted molar refractivity (Wildman–Crippen MR) is 83.4 cm³/mol. The van der Waals surface area contributed by atoms with Crippen LogP contribution in [0.5, 0.6) is 0 Å². The van der Waals surface area contributed by atoms with Gasteiger partial charge in [0.15, 0.2) is 17.3 Å². The van der Waals surface area contributed by atoms with Gasteiger partial charge in [0.1, 0.15) is 0 Å². The standard InChI is InChI=1S/C19H12O3/c20-16-10-11-18(21)17(12-16)13-6-8-15(9-7-13)19(22)14-4-2-1-3-5-14/h1-12H. The zero-order valence-electron chi connectivity index (χ0n) is 11.7. The highest BCUT2D eigenvalue weighted by molar-refractivity contribution is 6.33. The van der Waals surface area contributed by atoms with Crippen LogP contribution in [0.3, 0.4) is 0 Å². The third-order valence-electron chi connectivity index (χ3n) is 3.45. The molecular formula is C19H12O3. The van der Waals surface area contributed by atoms with Gasteiger partial charge in [-0.15, -0.1) is 0 Å². The van der Waals surface area contributed by atoms with Crippen LogP contribution in [0.2, 0.25) is 0 Å². The van der Waals surface area contributed by atoms with Gasteiger partial charge in [-0.25, -0.2) is 0 Å². The quantitative estimate of drug-likeness (QED) is 0.644. The number of hydrogen-bond donors (Lipinski definition) is 0. The topological polar surface area (TPSA) is 51.2 Å². The second-order valence-corrected chi connectivity index (χ2v) is 4.93. The van der Waals surface area contributed by atoms with Crippen LogP contribution >= 0.6 is 0 Å². The number of benzene rings is 2. The van der Waals surface area contributed by atoms with Crippen molar-refractivity contribution in [3.63, 3.8) is 0 Å². The lowest BCUT2D eigenvalue weighted by Gasteiger charge is -2.08. The second kappa shape index (κ2) is 5.74. The van der Waals surface area contributed by atoms with Crippen molar-refractivity contribution in [1.82, 2.24) is 0 Å². The number of ketones is 3. The van der Waals surface area contributed by atoms with E-state index < -0.39 is 0 Å². The van der Waals surface area contributed by atoms with E-state index in [4.69, 9.17) is 0 Å². The van der Waals surface area contributed by atoms with Gasteiger partial charge in [-0.05, 0) is 23.8 Å². The van der Waals surface area contributed by atoms with E-state index in [0.717, 1.165) is 0 Å². The maximum Gasteiger partial charge on any atom is 0.193 e. The molecule has 3 nitrogen and oxygen atoms in total. The SMILES string of the molecule is O=C1C=CC(=O)C(c2ccc(C(=O)c3ccccc3)cc2)=C1. The Kier molecular flexibility index (Phi) is 3.62. The number of rotatable bonds is 3. The predicted octanol–water partition coefficient (Wildman–Crippen LogP) is 3.01. The lowest BCUT2D eigenvalue weighted by atomic mass is 9.94. The molecule has 106 valence electrons. The molecule has 1 aliphatic carbocycles. The lowest BCUT2D eigenvalue weighted by Crippen LogP contribution is -2.07. The molecule has 0 atom stereocenters. The van der Waals surface area contributed by atoms with Crippen LogP contribution in [-0.4, -0.2) is 17.3 Å². The summed E-state index contributed by atoms with van der Waals surface area (Å²) in [7, 11) is 0. The van der Waals surface area contributed by atoms with Crippen molar-refractivity contribution >= 4 is 22.9 Å². The molecule has 0 saturated carbocycles. The van der Waals surface area contributed by atoms with Crippen molar-refractivity contribution in [2.75, 3.05) is 0 Å². The van der Waals surface area contributed by atoms with Crippen LogP contribution in [0.4, 0.5) is 0 Å². The number of hydrogen-bond acceptors (Lipinski definition) is 3. The molecule has 0 fully saturated rings. The summed E-state index contributed by atoms with van der Waals surface area (Å²) in [5.41, 5.74) is 2.14. The van der Waals surface area contributed by atoms with Crippen molar-refractivity contribution < 1.29 is 14.4 Å². The summed E-state index contributed by atoms with van der Waals surface area (Å²) in [6.45, 7) is 0. The fourth-order valence-electron chi connectivity index (χ4n) is 2.29. The van der Waals surface area contributed by atoms with Gasteiger partial charge in [-0.2, -0.15) is 0 Å². The molecule has 0 radical (unpaired) electrons. The van der Waals surface area contributed by atoms with E-state index in [9.17, 15) is 14.4 Å². The van der Waals surface area contributed by atoms with Crippen LogP contribution < -0.4 is 0 Å². The molecule has 0 unspecified atom stereocenters. The van der Waals surface area contributed by atoms with Crippen molar-refractivity contribution in [3.8, 4) is 0 Å². The van der Waals surface area contributed by atoms with Gasteiger partial charge in [-0.1, -0.05) is 54.6 Å². The van der Waals surface area contributed by atoms with Crippen LogP contribution in [-0.2, 0) is 9.59 Å². The molecule has 0 saturated heterocycles. The van der Waals surface area contributed by atoms with Crippen molar-refractivity contribution in [2.45, 2.75) is 0 Å². The minimum Gasteiger partial charge on any atom is -0.290 e. The molecule has 3 heteroatoms. The first-order valence-electron chi connectivity index (χ1n) is 6.83. The summed E-state index contributed by atoms with van der Waals surface area (Å²) in [4.78, 5) is 35.5. The Morgan fingerprint density at radius 3 is 2.05 bits per heavy atom. The van der Waals surface area contributed by atoms with Gasteiger partial charge in [0.25, 0.3) is 0 Å². The van der Waals surface area contributed by atoms with Gasteiger partial charge in [0, 0.05) is 16.7 Å². The summed E-state index contributed by atoms with van der Waals surface area (Å²) < 4.78 is 0. The first kappa shape index (κ1) is 13.9. The molecule has 0 heterocycles. The highest BCUT2D eigenvalue weighted by Crippen LogP contribution is 2.20. The fraction of sp³-hybridized carbons (Fsp3) is 0. The van der Waals surface area contributed by atoms with Crippen LogP contribution in [0, 0.1) is 0 Å². The molecular weight excluding hydrogens is 276 g/mol. The Bertz CT molecular complexity index is 810. The molecule has 0 aliphatic heterocycles. The van der Waals surface area contributed by atoms with Gasteiger partial charge in [0.2, 0.25) is 0 Å². The fourth-order valence-corrected chi connectivity index (χ4v) is 2.29. The van der Waals surface area contributed by atoms with Gasteiger partial charge >= 0.3 is 0 Å². The Balaban J connectivity index is 1.89. The molecule has 22 heavy (non-hydrogen) atoms. The van der Waals surface area contributed by atoms with E-state index in [1.165, 1.54) is 18.2 Å². The first-order valence-corrected chi connectivity index (χ1v) is 6.83. The molecule has 2 aromatic carbocycles. The number of carbonyl (C=O) groups excluding carboxylic acids is 3. The van der Waals surface area contributed by atoms with E-state index in [1.807, 2.05) is 18.2 Å². The lowest BCUT2D eigenvalue weighted by molar-refractivity contribution is -0.113. The van der Waals surface area contributed by atoms with Crippen molar-refractivity contribution in [3.05, 3.63) is 89.5 Å². The van der Waals surface area contributed by atoms with E-state index in [1.54, 1.807) is 36.4 Å². The van der Waals surface area contributed by atoms with Gasteiger partial charge in [0.05, 0.1) is 0 Å². The monoisotopic (exact) mass is 288 g/mol. The maximum atomic E-state index is 12.3. The Morgan fingerprint density at radius 1 is 0.727 bits per heavy atom. The van der Waals surface area contributed by atoms with Crippen LogP contribution in [0.1, 0.15) is 21.5 Å². The average molecular weight is 288 g/mol. The molecule has 0 spiro atoms. The average Bonchev–Trinajstić information content (AvgIpc) is 2.57. The van der Waals surface area contributed by atoms with Crippen LogP contribution in [0.15, 0.2) is 72.8 Å². The molecule has 0 bridgehead atoms. The van der Waals surface area contributed by atoms with Crippen molar-refractivity contribution in [1.29, 1.82) is 0 Å². The first-order chi connectivity index (χ1) is 10.6. The minimum absolute atomic E-state index is 0.0768. The molecule has 0 aromatic heterocycles. The van der Waals surface area contributed by atoms with E-state index in [2.05, 4.69) is 0 Å². The van der Waals surface area contributed by atoms with Crippen molar-refractivity contribution in [2.24, 2.45) is 0 Å². The largest absolute Gasteiger partial charge is 0.290 e. The van der Waals surface area contributed by atoms with Gasteiger partial charge in [-0.3, -0.25) is 14.4 Å². The third-order valence-corrected chi connectivity index (χ3v) is 3.45. The van der Waals surface area contributed by atoms with E-state index in [-0.39, 0.29) is 17.3 Å². The third kappa shape index (κ3) is 2.69. The molecule has 1 aliphatic rings. The van der Waals surface area contributed by atoms with Crippen LogP contribution in [0.25, 0.3) is 5.57 Å². The smallest absolute Gasteiger partial charge is 0.193 e. The molecule has 3 rings (SSSR count). The molecule has 2 aromatic rings. The summed E-state index contributed by atoms with van der Waals surface area (Å²) in [6, 6.07) is 15.7. The maximum absolute atomic E-state index is 12.3. The highest BCUT2D eigenvalue weighted by Gasteiger charge is 2.16. The summed E-state index contributed by atoms with van der Waals surface area (Å²) in [5.74, 6) is -0.493.